The van der Waals surface area contributed by atoms with Crippen molar-refractivity contribution in [2.75, 3.05) is 18.1 Å². The number of nitrogens with one attached hydrogen (secondary N) is 1. The Hall–Kier alpha value is -3.03. The summed E-state index contributed by atoms with van der Waals surface area (Å²) < 4.78 is 10.5. The van der Waals surface area contributed by atoms with Gasteiger partial charge in [-0.1, -0.05) is 20.3 Å². The van der Waals surface area contributed by atoms with E-state index in [4.69, 9.17) is 4.74 Å². The van der Waals surface area contributed by atoms with Crippen LogP contribution in [0.1, 0.15) is 33.6 Å². The quantitative estimate of drug-likeness (QED) is 0.631. The molecule has 1 N–H and O–H groups in total. The van der Waals surface area contributed by atoms with Crippen LogP contribution in [-0.2, 0) is 20.1 Å². The molecule has 1 aliphatic heterocycles. The summed E-state index contributed by atoms with van der Waals surface area (Å²) in [6.45, 7) is 8.80. The van der Waals surface area contributed by atoms with Crippen LogP contribution in [0.3, 0.4) is 0 Å². The second kappa shape index (κ2) is 8.01. The van der Waals surface area contributed by atoms with Crippen LogP contribution in [0.5, 0.6) is 5.75 Å². The minimum absolute atomic E-state index is 0.218. The number of nitrogens with zero attached hydrogens (tertiary/aromatic N) is 4. The van der Waals surface area contributed by atoms with Crippen molar-refractivity contribution in [3.05, 3.63) is 45.1 Å². The van der Waals surface area contributed by atoms with Gasteiger partial charge in [-0.3, -0.25) is 13.9 Å². The summed E-state index contributed by atoms with van der Waals surface area (Å²) in [6, 6.07) is 7.96. The van der Waals surface area contributed by atoms with E-state index in [1.165, 1.54) is 4.57 Å². The molecule has 160 valence electrons. The number of hydrogen-bond acceptors (Lipinski definition) is 4. The highest BCUT2D eigenvalue weighted by atomic mass is 16.5. The first-order chi connectivity index (χ1) is 14.5. The number of H-pyrrole nitrogens is 1. The summed E-state index contributed by atoms with van der Waals surface area (Å²) in [7, 11) is 1.72. The standard InChI is InChI=1S/C22H29N5O3/c1-5-7-12-25-20(28)18-19(24(4)22(25)29)23-21-26(13-15(3)14-27(18)21)16-8-10-17(11-9-16)30-6-2/h8-11,15H,5-7,12-14H2,1-4H3/p+1/t15-/m1/s1. The number of anilines is 2. The van der Waals surface area contributed by atoms with Crippen molar-refractivity contribution in [2.45, 2.75) is 46.7 Å². The lowest BCUT2D eigenvalue weighted by molar-refractivity contribution is -0.669. The van der Waals surface area contributed by atoms with E-state index in [1.54, 1.807) is 11.6 Å². The molecule has 2 aromatic heterocycles. The summed E-state index contributed by atoms with van der Waals surface area (Å²) in [4.78, 5) is 31.6. The number of ether oxygens (including phenoxy) is 1. The van der Waals surface area contributed by atoms with Gasteiger partial charge in [-0.25, -0.2) is 19.2 Å². The molecule has 0 fully saturated rings. The fraction of sp³-hybridized carbons (Fsp3) is 0.500. The van der Waals surface area contributed by atoms with Gasteiger partial charge in [-0.05, 0) is 37.6 Å². The molecule has 8 heteroatoms. The van der Waals surface area contributed by atoms with Crippen molar-refractivity contribution < 1.29 is 9.30 Å². The Kier molecular flexibility index (Phi) is 5.40. The minimum Gasteiger partial charge on any atom is -0.494 e. The Labute approximate surface area is 175 Å². The average molecular weight is 413 g/mol. The summed E-state index contributed by atoms with van der Waals surface area (Å²) in [5.41, 5.74) is 1.65. The number of hydrogen-bond donors (Lipinski definition) is 1. The molecule has 0 saturated heterocycles. The SMILES string of the molecule is CCCCn1c(=O)c2c([nH]c3[n+]2C[C@H](C)CN3c2ccc(OCC)cc2)n(C)c1=O. The molecule has 0 bridgehead atoms. The third-order valence-corrected chi connectivity index (χ3v) is 5.72. The van der Waals surface area contributed by atoms with Gasteiger partial charge in [-0.15, -0.1) is 0 Å². The van der Waals surface area contributed by atoms with E-state index in [0.717, 1.165) is 43.3 Å². The smallest absolute Gasteiger partial charge is 0.364 e. The summed E-state index contributed by atoms with van der Waals surface area (Å²) in [6.07, 6.45) is 1.72. The maximum Gasteiger partial charge on any atom is 0.364 e. The largest absolute Gasteiger partial charge is 0.494 e. The van der Waals surface area contributed by atoms with Gasteiger partial charge in [-0.2, -0.15) is 0 Å². The van der Waals surface area contributed by atoms with Crippen LogP contribution in [0.15, 0.2) is 33.9 Å². The fourth-order valence-corrected chi connectivity index (χ4v) is 4.21. The third kappa shape index (κ3) is 3.30. The van der Waals surface area contributed by atoms with Crippen LogP contribution in [0.2, 0.25) is 0 Å². The molecule has 3 heterocycles. The van der Waals surface area contributed by atoms with Crippen molar-refractivity contribution >= 4 is 22.8 Å². The molecule has 0 amide bonds. The Bertz CT molecular complexity index is 1170. The van der Waals surface area contributed by atoms with Crippen molar-refractivity contribution in [3.8, 4) is 5.75 Å². The van der Waals surface area contributed by atoms with Crippen molar-refractivity contribution in [3.63, 3.8) is 0 Å². The summed E-state index contributed by atoms with van der Waals surface area (Å²) in [5.74, 6) is 2.00. The molecule has 0 spiro atoms. The summed E-state index contributed by atoms with van der Waals surface area (Å²) in [5, 5.41) is 0. The second-order valence-corrected chi connectivity index (χ2v) is 8.05. The fourth-order valence-electron chi connectivity index (χ4n) is 4.21. The van der Waals surface area contributed by atoms with Crippen LogP contribution >= 0.6 is 0 Å². The Balaban J connectivity index is 1.88. The lowest BCUT2D eigenvalue weighted by Gasteiger charge is -2.26. The van der Waals surface area contributed by atoms with Gasteiger partial charge in [0.15, 0.2) is 0 Å². The van der Waals surface area contributed by atoms with E-state index in [0.29, 0.717) is 30.2 Å². The maximum atomic E-state index is 13.3. The lowest BCUT2D eigenvalue weighted by atomic mass is 10.1. The van der Waals surface area contributed by atoms with E-state index in [1.807, 2.05) is 35.8 Å². The zero-order valence-corrected chi connectivity index (χ0v) is 18.1. The first-order valence-corrected chi connectivity index (χ1v) is 10.7. The number of rotatable bonds is 6. The highest BCUT2D eigenvalue weighted by Gasteiger charge is 2.35. The van der Waals surface area contributed by atoms with E-state index in [9.17, 15) is 9.59 Å². The molecule has 4 rings (SSSR count). The Morgan fingerprint density at radius 1 is 1.20 bits per heavy atom. The van der Waals surface area contributed by atoms with Crippen LogP contribution in [0.4, 0.5) is 11.6 Å². The first-order valence-electron chi connectivity index (χ1n) is 10.7. The zero-order valence-electron chi connectivity index (χ0n) is 18.1. The maximum absolute atomic E-state index is 13.3. The molecule has 0 unspecified atom stereocenters. The Morgan fingerprint density at radius 3 is 2.60 bits per heavy atom. The predicted molar refractivity (Wildman–Crippen MR) is 117 cm³/mol. The van der Waals surface area contributed by atoms with Gasteiger partial charge < -0.3 is 4.74 Å². The first kappa shape index (κ1) is 20.3. The molecule has 1 aliphatic rings. The van der Waals surface area contributed by atoms with Crippen LogP contribution in [0.25, 0.3) is 11.2 Å². The van der Waals surface area contributed by atoms with Crippen molar-refractivity contribution in [1.82, 2.24) is 14.1 Å². The van der Waals surface area contributed by atoms with E-state index >= 15 is 0 Å². The highest BCUT2D eigenvalue weighted by molar-refractivity contribution is 5.70. The number of fused-ring (bicyclic) bond motifs is 3. The highest BCUT2D eigenvalue weighted by Crippen LogP contribution is 2.29. The molecule has 1 aromatic carbocycles. The van der Waals surface area contributed by atoms with Gasteiger partial charge in [0, 0.05) is 19.5 Å². The van der Waals surface area contributed by atoms with Crippen LogP contribution in [-0.4, -0.2) is 27.3 Å². The monoisotopic (exact) mass is 412 g/mol. The van der Waals surface area contributed by atoms with Crippen LogP contribution in [0, 0.1) is 5.92 Å². The zero-order chi connectivity index (χ0) is 21.4. The van der Waals surface area contributed by atoms with Gasteiger partial charge in [0.25, 0.3) is 5.56 Å². The molecular formula is C22H30N5O3+. The number of aryl methyl sites for hydroxylation is 1. The number of benzene rings is 1. The molecule has 3 aromatic rings. The normalized spacial score (nSPS) is 16.1. The van der Waals surface area contributed by atoms with Crippen LogP contribution < -0.4 is 25.5 Å². The molecule has 0 radical (unpaired) electrons. The average Bonchev–Trinajstić information content (AvgIpc) is 3.12. The number of imidazole rings is 1. The van der Waals surface area contributed by atoms with Crippen molar-refractivity contribution in [1.29, 1.82) is 0 Å². The minimum atomic E-state index is -0.277. The van der Waals surface area contributed by atoms with Crippen molar-refractivity contribution in [2.24, 2.45) is 13.0 Å². The summed E-state index contributed by atoms with van der Waals surface area (Å²) >= 11 is 0. The lowest BCUT2D eigenvalue weighted by Crippen LogP contribution is -2.52. The van der Waals surface area contributed by atoms with Gasteiger partial charge >= 0.3 is 11.6 Å². The predicted octanol–water partition coefficient (Wildman–Crippen LogP) is 2.30. The van der Waals surface area contributed by atoms with Gasteiger partial charge in [0.2, 0.25) is 11.2 Å². The molecule has 30 heavy (non-hydrogen) atoms. The van der Waals surface area contributed by atoms with Gasteiger partial charge in [0.1, 0.15) is 11.4 Å². The topological polar surface area (TPSA) is 76.1 Å². The van der Waals surface area contributed by atoms with E-state index in [-0.39, 0.29) is 11.2 Å². The molecular weight excluding hydrogens is 382 g/mol. The third-order valence-electron chi connectivity index (χ3n) is 5.72. The number of unbranched alkanes of at least 4 members (excludes halogenated alkanes) is 1. The van der Waals surface area contributed by atoms with E-state index in [2.05, 4.69) is 23.7 Å². The molecule has 8 nitrogen and oxygen atoms in total. The van der Waals surface area contributed by atoms with Gasteiger partial charge in [0.05, 0.1) is 19.7 Å². The Morgan fingerprint density at radius 2 is 1.93 bits per heavy atom. The molecule has 0 aliphatic carbocycles. The van der Waals surface area contributed by atoms with E-state index < -0.39 is 0 Å². The number of aromatic amines is 1. The molecule has 1 atom stereocenters. The molecule has 0 saturated carbocycles. The number of aromatic nitrogens is 4. The second-order valence-electron chi connectivity index (χ2n) is 8.05.